The number of hydrogen-bond acceptors (Lipinski definition) is 4. The first kappa shape index (κ1) is 19.9. The fraction of sp³-hybridized carbons (Fsp3) is 0.350. The van der Waals surface area contributed by atoms with Gasteiger partial charge in [0.2, 0.25) is 10.0 Å². The molecular formula is C20H20F2N2O4S. The predicted octanol–water partition coefficient (Wildman–Crippen LogP) is 2.62. The first-order valence-electron chi connectivity index (χ1n) is 9.29. The van der Waals surface area contributed by atoms with E-state index in [2.05, 4.69) is 0 Å². The van der Waals surface area contributed by atoms with E-state index in [0.717, 1.165) is 12.1 Å². The Bertz CT molecular complexity index is 1000. The van der Waals surface area contributed by atoms with Crippen LogP contribution in [0.4, 0.5) is 8.78 Å². The lowest BCUT2D eigenvalue weighted by Gasteiger charge is -2.42. The molecule has 2 aromatic carbocycles. The summed E-state index contributed by atoms with van der Waals surface area (Å²) in [5.74, 6) is -1.16. The van der Waals surface area contributed by atoms with Gasteiger partial charge in [-0.2, -0.15) is 4.31 Å². The van der Waals surface area contributed by atoms with E-state index in [-0.39, 0.29) is 24.0 Å². The van der Waals surface area contributed by atoms with Crippen molar-refractivity contribution in [2.75, 3.05) is 26.2 Å². The molecule has 2 aliphatic heterocycles. The molecule has 6 nitrogen and oxygen atoms in total. The molecule has 4 rings (SSSR count). The molecule has 0 saturated carbocycles. The second-order valence-electron chi connectivity index (χ2n) is 7.12. The number of hydrogen-bond donors (Lipinski definition) is 0. The molecule has 29 heavy (non-hydrogen) atoms. The van der Waals surface area contributed by atoms with Gasteiger partial charge in [0, 0.05) is 38.0 Å². The van der Waals surface area contributed by atoms with E-state index in [1.54, 1.807) is 4.90 Å². The molecule has 0 radical (unpaired) electrons. The molecule has 2 fully saturated rings. The largest absolute Gasteiger partial charge is 0.358 e. The average molecular weight is 422 g/mol. The van der Waals surface area contributed by atoms with Gasteiger partial charge >= 0.3 is 0 Å². The fourth-order valence-corrected chi connectivity index (χ4v) is 5.62. The minimum Gasteiger partial charge on any atom is -0.358 e. The zero-order valence-corrected chi connectivity index (χ0v) is 16.4. The van der Waals surface area contributed by atoms with E-state index in [9.17, 15) is 22.0 Å². The Morgan fingerprint density at radius 3 is 2.03 bits per heavy atom. The summed E-state index contributed by atoms with van der Waals surface area (Å²) in [4.78, 5) is 14.3. The third-order valence-corrected chi connectivity index (χ3v) is 7.41. The highest BCUT2D eigenvalue weighted by Gasteiger charge is 2.51. The van der Waals surface area contributed by atoms with Crippen LogP contribution in [0.25, 0.3) is 0 Å². The Labute approximate surface area is 167 Å². The van der Waals surface area contributed by atoms with Gasteiger partial charge in [-0.25, -0.2) is 17.2 Å². The molecule has 0 atom stereocenters. The molecule has 1 spiro atoms. The molecule has 0 N–H and O–H groups in total. The van der Waals surface area contributed by atoms with Gasteiger partial charge in [-0.1, -0.05) is 0 Å². The molecule has 2 aromatic rings. The van der Waals surface area contributed by atoms with Crippen molar-refractivity contribution in [3.63, 3.8) is 0 Å². The van der Waals surface area contributed by atoms with Gasteiger partial charge in [0.25, 0.3) is 5.91 Å². The van der Waals surface area contributed by atoms with Crippen molar-refractivity contribution in [2.45, 2.75) is 23.5 Å². The maximum Gasteiger partial charge on any atom is 0.253 e. The lowest BCUT2D eigenvalue weighted by molar-refractivity contribution is -0.0857. The molecule has 2 aliphatic rings. The third kappa shape index (κ3) is 3.65. The highest BCUT2D eigenvalue weighted by molar-refractivity contribution is 7.89. The average Bonchev–Trinajstić information content (AvgIpc) is 3.13. The maximum atomic E-state index is 13.2. The molecule has 0 aromatic heterocycles. The van der Waals surface area contributed by atoms with Gasteiger partial charge in [-0.05, 0) is 48.5 Å². The minimum atomic E-state index is -3.86. The molecule has 0 aliphatic carbocycles. The van der Waals surface area contributed by atoms with Crippen molar-refractivity contribution in [1.82, 2.24) is 9.21 Å². The topological polar surface area (TPSA) is 66.9 Å². The molecule has 2 saturated heterocycles. The van der Waals surface area contributed by atoms with Gasteiger partial charge in [-0.15, -0.1) is 0 Å². The Balaban J connectivity index is 1.51. The lowest BCUT2D eigenvalue weighted by Crippen LogP contribution is -2.55. The highest BCUT2D eigenvalue weighted by Crippen LogP contribution is 2.38. The number of benzene rings is 2. The van der Waals surface area contributed by atoms with Crippen LogP contribution >= 0.6 is 0 Å². The summed E-state index contributed by atoms with van der Waals surface area (Å²) in [6, 6.07) is 10.0. The number of rotatable bonds is 3. The zero-order valence-electron chi connectivity index (χ0n) is 15.6. The summed E-state index contributed by atoms with van der Waals surface area (Å²) in [5.41, 5.74) is -0.641. The van der Waals surface area contributed by atoms with Crippen molar-refractivity contribution in [1.29, 1.82) is 0 Å². The number of carbonyl (C=O) groups is 1. The number of piperidine rings is 1. The molecule has 0 bridgehead atoms. The number of ether oxygens (including phenoxy) is 1. The van der Waals surface area contributed by atoms with Gasteiger partial charge in [0.05, 0.1) is 11.5 Å². The standard InChI is InChI=1S/C20H20F2N2O4S/c21-16-3-1-15(2-4-16)19(25)23-11-9-20(10-12-23)24(13-14-28-20)29(26,27)18-7-5-17(22)6-8-18/h1-8H,9-14H2. The summed E-state index contributed by atoms with van der Waals surface area (Å²) in [6.45, 7) is 1.08. The van der Waals surface area contributed by atoms with Gasteiger partial charge in [0.15, 0.2) is 0 Å². The van der Waals surface area contributed by atoms with E-state index in [0.29, 0.717) is 31.5 Å². The monoisotopic (exact) mass is 422 g/mol. The quantitative estimate of drug-likeness (QED) is 0.763. The molecule has 1 amide bonds. The predicted molar refractivity (Wildman–Crippen MR) is 101 cm³/mol. The van der Waals surface area contributed by atoms with Gasteiger partial charge in [0.1, 0.15) is 17.4 Å². The first-order chi connectivity index (χ1) is 13.8. The van der Waals surface area contributed by atoms with Crippen molar-refractivity contribution < 1.29 is 26.7 Å². The molecule has 9 heteroatoms. The number of carbonyl (C=O) groups excluding carboxylic acids is 1. The van der Waals surface area contributed by atoms with Crippen LogP contribution in [-0.4, -0.2) is 55.5 Å². The normalized spacial score (nSPS) is 19.6. The molecular weight excluding hydrogens is 402 g/mol. The van der Waals surface area contributed by atoms with Crippen LogP contribution in [0.3, 0.4) is 0 Å². The smallest absolute Gasteiger partial charge is 0.253 e. The Morgan fingerprint density at radius 2 is 1.45 bits per heavy atom. The Morgan fingerprint density at radius 1 is 0.897 bits per heavy atom. The Hall–Kier alpha value is -2.36. The first-order valence-corrected chi connectivity index (χ1v) is 10.7. The van der Waals surface area contributed by atoms with E-state index in [1.165, 1.54) is 40.7 Å². The van der Waals surface area contributed by atoms with E-state index in [4.69, 9.17) is 4.74 Å². The number of sulfonamides is 1. The maximum absolute atomic E-state index is 13.2. The van der Waals surface area contributed by atoms with Crippen LogP contribution in [0.2, 0.25) is 0 Å². The summed E-state index contributed by atoms with van der Waals surface area (Å²) >= 11 is 0. The van der Waals surface area contributed by atoms with Crippen molar-refractivity contribution in [3.8, 4) is 0 Å². The van der Waals surface area contributed by atoms with Crippen molar-refractivity contribution in [3.05, 3.63) is 65.7 Å². The summed E-state index contributed by atoms with van der Waals surface area (Å²) < 4.78 is 59.7. The number of nitrogens with zero attached hydrogens (tertiary/aromatic N) is 2. The van der Waals surface area contributed by atoms with Crippen LogP contribution in [0.15, 0.2) is 53.4 Å². The third-order valence-electron chi connectivity index (χ3n) is 5.44. The summed E-state index contributed by atoms with van der Waals surface area (Å²) in [7, 11) is -3.86. The van der Waals surface area contributed by atoms with E-state index in [1.807, 2.05) is 0 Å². The van der Waals surface area contributed by atoms with Gasteiger partial charge in [-0.3, -0.25) is 4.79 Å². The van der Waals surface area contributed by atoms with Crippen LogP contribution in [0.1, 0.15) is 23.2 Å². The molecule has 154 valence electrons. The van der Waals surface area contributed by atoms with Crippen molar-refractivity contribution >= 4 is 15.9 Å². The van der Waals surface area contributed by atoms with Crippen LogP contribution < -0.4 is 0 Å². The second kappa shape index (κ2) is 7.47. The number of likely N-dealkylation sites (tertiary alicyclic amines) is 1. The Kier molecular flexibility index (Phi) is 5.14. The fourth-order valence-electron chi connectivity index (χ4n) is 3.90. The van der Waals surface area contributed by atoms with Gasteiger partial charge < -0.3 is 9.64 Å². The second-order valence-corrected chi connectivity index (χ2v) is 8.99. The van der Waals surface area contributed by atoms with Crippen LogP contribution in [0.5, 0.6) is 0 Å². The highest BCUT2D eigenvalue weighted by atomic mass is 32.2. The minimum absolute atomic E-state index is 0.00796. The summed E-state index contributed by atoms with van der Waals surface area (Å²) in [6.07, 6.45) is 0.640. The SMILES string of the molecule is O=C(c1ccc(F)cc1)N1CCC2(CC1)OCCN2S(=O)(=O)c1ccc(F)cc1. The lowest BCUT2D eigenvalue weighted by atomic mass is 10.00. The van der Waals surface area contributed by atoms with Crippen LogP contribution in [0, 0.1) is 11.6 Å². The molecule has 0 unspecified atom stereocenters. The summed E-state index contributed by atoms with van der Waals surface area (Å²) in [5, 5.41) is 0. The number of amides is 1. The van der Waals surface area contributed by atoms with Crippen molar-refractivity contribution in [2.24, 2.45) is 0 Å². The molecule has 2 heterocycles. The zero-order chi connectivity index (χ0) is 20.6. The van der Waals surface area contributed by atoms with E-state index < -0.39 is 27.4 Å². The van der Waals surface area contributed by atoms with Crippen LogP contribution in [-0.2, 0) is 14.8 Å². The van der Waals surface area contributed by atoms with E-state index >= 15 is 0 Å². The number of halogens is 2.